The number of imidazole rings is 1. The van der Waals surface area contributed by atoms with Crippen LogP contribution in [0.2, 0.25) is 0 Å². The molecule has 2 aromatic heterocycles. The summed E-state index contributed by atoms with van der Waals surface area (Å²) in [5, 5.41) is 0. The van der Waals surface area contributed by atoms with Crippen LogP contribution in [0.15, 0.2) is 84.1 Å². The first kappa shape index (κ1) is 17.0. The Morgan fingerprint density at radius 3 is 2.19 bits per heavy atom. The van der Waals surface area contributed by atoms with Gasteiger partial charge in [-0.2, -0.15) is 0 Å². The fourth-order valence-corrected chi connectivity index (χ4v) is 3.09. The number of hydrogen-bond acceptors (Lipinski definition) is 3. The van der Waals surface area contributed by atoms with Crippen LogP contribution in [0.1, 0.15) is 23.7 Å². The standard InChI is InChI=1S/C23H21N3O/c1-3-27-21-14-22-24-17(2)15-26(22)16-20(21)25-23(18-10-6-4-7-11-18)19-12-8-5-9-13-19/h4-16H,3H2,1-2H3. The third-order valence-electron chi connectivity index (χ3n) is 4.28. The molecule has 0 bridgehead atoms. The van der Waals surface area contributed by atoms with E-state index >= 15 is 0 Å². The predicted octanol–water partition coefficient (Wildman–Crippen LogP) is 5.21. The first-order valence-corrected chi connectivity index (χ1v) is 9.06. The number of fused-ring (bicyclic) bond motifs is 1. The number of aryl methyl sites for hydroxylation is 1. The highest BCUT2D eigenvalue weighted by Crippen LogP contribution is 2.31. The Morgan fingerprint density at radius 2 is 1.59 bits per heavy atom. The lowest BCUT2D eigenvalue weighted by Gasteiger charge is -2.11. The maximum absolute atomic E-state index is 5.87. The monoisotopic (exact) mass is 355 g/mol. The normalized spacial score (nSPS) is 10.7. The summed E-state index contributed by atoms with van der Waals surface area (Å²) in [6.45, 7) is 4.53. The zero-order valence-electron chi connectivity index (χ0n) is 15.5. The molecule has 0 spiro atoms. The lowest BCUT2D eigenvalue weighted by atomic mass is 10.0. The lowest BCUT2D eigenvalue weighted by Crippen LogP contribution is -2.03. The molecule has 0 saturated carbocycles. The van der Waals surface area contributed by atoms with Crippen molar-refractivity contribution < 1.29 is 4.74 Å². The van der Waals surface area contributed by atoms with E-state index in [1.54, 1.807) is 0 Å². The summed E-state index contributed by atoms with van der Waals surface area (Å²) in [7, 11) is 0. The number of hydrogen-bond donors (Lipinski definition) is 0. The van der Waals surface area contributed by atoms with Crippen LogP contribution in [0.3, 0.4) is 0 Å². The van der Waals surface area contributed by atoms with Crippen molar-refractivity contribution in [2.24, 2.45) is 4.99 Å². The zero-order valence-corrected chi connectivity index (χ0v) is 15.5. The Morgan fingerprint density at radius 1 is 0.963 bits per heavy atom. The van der Waals surface area contributed by atoms with Crippen LogP contribution < -0.4 is 4.74 Å². The molecule has 0 aliphatic heterocycles. The van der Waals surface area contributed by atoms with Gasteiger partial charge in [-0.1, -0.05) is 60.7 Å². The van der Waals surface area contributed by atoms with Crippen molar-refractivity contribution in [2.75, 3.05) is 6.61 Å². The van der Waals surface area contributed by atoms with Crippen molar-refractivity contribution in [1.29, 1.82) is 0 Å². The van der Waals surface area contributed by atoms with Gasteiger partial charge in [0.25, 0.3) is 0 Å². The maximum Gasteiger partial charge on any atom is 0.150 e. The molecule has 4 nitrogen and oxygen atoms in total. The van der Waals surface area contributed by atoms with Crippen LogP contribution in [0.5, 0.6) is 5.75 Å². The fraction of sp³-hybridized carbons (Fsp3) is 0.130. The molecule has 0 aliphatic rings. The maximum atomic E-state index is 5.87. The molecule has 0 N–H and O–H groups in total. The second kappa shape index (κ2) is 7.46. The third-order valence-corrected chi connectivity index (χ3v) is 4.28. The highest BCUT2D eigenvalue weighted by Gasteiger charge is 2.12. The van der Waals surface area contributed by atoms with E-state index in [1.807, 2.05) is 73.1 Å². The molecule has 0 radical (unpaired) electrons. The van der Waals surface area contributed by atoms with E-state index < -0.39 is 0 Å². The number of pyridine rings is 1. The zero-order chi connectivity index (χ0) is 18.6. The number of benzene rings is 2. The van der Waals surface area contributed by atoms with E-state index in [0.29, 0.717) is 6.61 Å². The number of nitrogens with zero attached hydrogens (tertiary/aromatic N) is 3. The van der Waals surface area contributed by atoms with E-state index in [9.17, 15) is 0 Å². The van der Waals surface area contributed by atoms with Crippen molar-refractivity contribution >= 4 is 17.0 Å². The van der Waals surface area contributed by atoms with Crippen molar-refractivity contribution in [2.45, 2.75) is 13.8 Å². The third kappa shape index (κ3) is 3.60. The molecule has 0 aliphatic carbocycles. The Hall–Kier alpha value is -3.40. The van der Waals surface area contributed by atoms with Gasteiger partial charge in [0.1, 0.15) is 17.1 Å². The van der Waals surface area contributed by atoms with E-state index in [-0.39, 0.29) is 0 Å². The predicted molar refractivity (Wildman–Crippen MR) is 109 cm³/mol. The minimum Gasteiger partial charge on any atom is -0.491 e. The Bertz CT molecular complexity index is 1040. The van der Waals surface area contributed by atoms with Crippen molar-refractivity contribution in [3.05, 3.63) is 95.9 Å². The van der Waals surface area contributed by atoms with E-state index in [2.05, 4.69) is 29.2 Å². The largest absolute Gasteiger partial charge is 0.491 e. The highest BCUT2D eigenvalue weighted by molar-refractivity contribution is 6.14. The average Bonchev–Trinajstić information content (AvgIpc) is 3.06. The summed E-state index contributed by atoms with van der Waals surface area (Å²) in [5.41, 5.74) is 5.64. The van der Waals surface area contributed by atoms with Gasteiger partial charge in [-0.3, -0.25) is 0 Å². The van der Waals surface area contributed by atoms with Crippen molar-refractivity contribution in [3.8, 4) is 5.75 Å². The highest BCUT2D eigenvalue weighted by atomic mass is 16.5. The smallest absolute Gasteiger partial charge is 0.150 e. The van der Waals surface area contributed by atoms with Crippen LogP contribution >= 0.6 is 0 Å². The van der Waals surface area contributed by atoms with Crippen LogP contribution in [0.4, 0.5) is 5.69 Å². The molecule has 4 heteroatoms. The molecule has 2 aromatic carbocycles. The Labute approximate surface area is 158 Å². The molecule has 2 heterocycles. The van der Waals surface area contributed by atoms with Gasteiger partial charge in [0, 0.05) is 29.6 Å². The molecular formula is C23H21N3O. The summed E-state index contributed by atoms with van der Waals surface area (Å²) in [4.78, 5) is 9.55. The van der Waals surface area contributed by atoms with Gasteiger partial charge in [0.2, 0.25) is 0 Å². The van der Waals surface area contributed by atoms with Gasteiger partial charge in [-0.15, -0.1) is 0 Å². The first-order chi connectivity index (χ1) is 13.2. The SMILES string of the molecule is CCOc1cc2nc(C)cn2cc1N=C(c1ccccc1)c1ccccc1. The second-order valence-corrected chi connectivity index (χ2v) is 6.30. The van der Waals surface area contributed by atoms with Crippen LogP contribution in [0.25, 0.3) is 5.65 Å². The van der Waals surface area contributed by atoms with E-state index in [4.69, 9.17) is 9.73 Å². The number of ether oxygens (including phenoxy) is 1. The molecule has 134 valence electrons. The Balaban J connectivity index is 1.93. The van der Waals surface area contributed by atoms with Crippen LogP contribution in [0, 0.1) is 6.92 Å². The number of rotatable bonds is 5. The van der Waals surface area contributed by atoms with Gasteiger partial charge >= 0.3 is 0 Å². The molecule has 0 atom stereocenters. The van der Waals surface area contributed by atoms with Gasteiger partial charge in [-0.25, -0.2) is 9.98 Å². The van der Waals surface area contributed by atoms with Gasteiger partial charge in [0.05, 0.1) is 18.0 Å². The Kier molecular flexibility index (Phi) is 4.71. The summed E-state index contributed by atoms with van der Waals surface area (Å²) >= 11 is 0. The van der Waals surface area contributed by atoms with E-state index in [0.717, 1.165) is 39.6 Å². The van der Waals surface area contributed by atoms with Crippen LogP contribution in [-0.2, 0) is 0 Å². The fourth-order valence-electron chi connectivity index (χ4n) is 3.09. The quantitative estimate of drug-likeness (QED) is 0.461. The molecular weight excluding hydrogens is 334 g/mol. The summed E-state index contributed by atoms with van der Waals surface area (Å²) < 4.78 is 7.86. The topological polar surface area (TPSA) is 38.9 Å². The van der Waals surface area contributed by atoms with E-state index in [1.165, 1.54) is 0 Å². The average molecular weight is 355 g/mol. The minimum absolute atomic E-state index is 0.574. The number of aromatic nitrogens is 2. The summed E-state index contributed by atoms with van der Waals surface area (Å²) in [6, 6.07) is 22.4. The lowest BCUT2D eigenvalue weighted by molar-refractivity contribution is 0.341. The van der Waals surface area contributed by atoms with Crippen molar-refractivity contribution in [1.82, 2.24) is 9.38 Å². The van der Waals surface area contributed by atoms with Gasteiger partial charge in [-0.05, 0) is 13.8 Å². The molecule has 4 aromatic rings. The van der Waals surface area contributed by atoms with Gasteiger partial charge < -0.3 is 9.14 Å². The molecule has 0 saturated heterocycles. The molecule has 0 amide bonds. The molecule has 27 heavy (non-hydrogen) atoms. The molecule has 0 fully saturated rings. The van der Waals surface area contributed by atoms with Crippen LogP contribution in [-0.4, -0.2) is 21.7 Å². The second-order valence-electron chi connectivity index (χ2n) is 6.30. The van der Waals surface area contributed by atoms with Crippen molar-refractivity contribution in [3.63, 3.8) is 0 Å². The molecule has 0 unspecified atom stereocenters. The first-order valence-electron chi connectivity index (χ1n) is 9.06. The number of aliphatic imine (C=N–C) groups is 1. The summed E-state index contributed by atoms with van der Waals surface area (Å²) in [6.07, 6.45) is 3.97. The minimum atomic E-state index is 0.574. The summed E-state index contributed by atoms with van der Waals surface area (Å²) in [5.74, 6) is 0.736. The molecule has 4 rings (SSSR count). The van der Waals surface area contributed by atoms with Gasteiger partial charge in [0.15, 0.2) is 0 Å².